The first-order valence-corrected chi connectivity index (χ1v) is 11.3. The van der Waals surface area contributed by atoms with E-state index in [1.165, 1.54) is 0 Å². The molecule has 0 aliphatic rings. The molecule has 186 valence electrons. The van der Waals surface area contributed by atoms with Crippen LogP contribution in [-0.2, 0) is 20.7 Å². The van der Waals surface area contributed by atoms with Crippen LogP contribution in [0.25, 0.3) is 38.8 Å². The molecular weight excluding hydrogens is 470 g/mol. The van der Waals surface area contributed by atoms with E-state index in [0.717, 1.165) is 10.9 Å². The summed E-state index contributed by atoms with van der Waals surface area (Å²) in [5.74, 6) is 0.106. The van der Waals surface area contributed by atoms with Gasteiger partial charge in [-0.15, -0.1) is 0 Å². The van der Waals surface area contributed by atoms with Crippen LogP contribution in [-0.4, -0.2) is 53.4 Å². The van der Waals surface area contributed by atoms with Gasteiger partial charge in [-0.25, -0.2) is 13.6 Å². The molecule has 36 heavy (non-hydrogen) atoms. The van der Waals surface area contributed by atoms with Gasteiger partial charge in [0.15, 0.2) is 6.10 Å². The first kappa shape index (κ1) is 23.6. The summed E-state index contributed by atoms with van der Waals surface area (Å²) in [6, 6.07) is 7.14. The molecule has 0 fully saturated rings. The fourth-order valence-corrected chi connectivity index (χ4v) is 4.34. The van der Waals surface area contributed by atoms with E-state index >= 15 is 0 Å². The van der Waals surface area contributed by atoms with Gasteiger partial charge in [0.25, 0.3) is 0 Å². The van der Waals surface area contributed by atoms with Crippen molar-refractivity contribution in [2.24, 2.45) is 14.1 Å². The maximum atomic E-state index is 13.3. The van der Waals surface area contributed by atoms with Gasteiger partial charge in [0, 0.05) is 37.4 Å². The SMILES string of the molecule is Cc1nn(C)cc1-n1c(=O)n(C)c2cnc3ccc(-c4cnc(CO)c(OC(CF)CF)c4)cc3c21. The Morgan fingerprint density at radius 1 is 1.08 bits per heavy atom. The monoisotopic (exact) mass is 494 g/mol. The fraction of sp³-hybridized carbons (Fsp3) is 0.280. The predicted molar refractivity (Wildman–Crippen MR) is 131 cm³/mol. The van der Waals surface area contributed by atoms with Crippen molar-refractivity contribution in [1.82, 2.24) is 28.9 Å². The van der Waals surface area contributed by atoms with Crippen LogP contribution >= 0.6 is 0 Å². The molecule has 0 radical (unpaired) electrons. The standard InChI is InChI=1S/C25H24F2N6O3/c1-14-22(12-31(2)30-14)33-24-18-6-15(4-5-19(18)29-11-21(24)32(3)25(33)35)16-7-23(20(13-34)28-10-16)36-17(8-26)9-27/h4-7,10-12,17,34H,8-9,13H2,1-3H3. The minimum absolute atomic E-state index is 0.106. The molecule has 4 heterocycles. The minimum Gasteiger partial charge on any atom is -0.483 e. The van der Waals surface area contributed by atoms with E-state index in [9.17, 15) is 18.7 Å². The molecule has 0 spiro atoms. The molecule has 0 bridgehead atoms. The quantitative estimate of drug-likeness (QED) is 0.373. The summed E-state index contributed by atoms with van der Waals surface area (Å²) in [4.78, 5) is 22.0. The highest BCUT2D eigenvalue weighted by Gasteiger charge is 2.20. The van der Waals surface area contributed by atoms with Crippen molar-refractivity contribution < 1.29 is 18.6 Å². The lowest BCUT2D eigenvalue weighted by Crippen LogP contribution is -2.22. The van der Waals surface area contributed by atoms with Gasteiger partial charge in [0.2, 0.25) is 0 Å². The van der Waals surface area contributed by atoms with E-state index in [1.807, 2.05) is 25.1 Å². The van der Waals surface area contributed by atoms with E-state index in [1.54, 1.807) is 52.6 Å². The van der Waals surface area contributed by atoms with Gasteiger partial charge in [-0.3, -0.25) is 23.8 Å². The molecule has 1 N–H and O–H groups in total. The number of imidazole rings is 1. The number of rotatable bonds is 7. The van der Waals surface area contributed by atoms with Crippen molar-refractivity contribution in [1.29, 1.82) is 0 Å². The fourth-order valence-electron chi connectivity index (χ4n) is 4.34. The number of alkyl halides is 2. The van der Waals surface area contributed by atoms with E-state index < -0.39 is 26.1 Å². The van der Waals surface area contributed by atoms with Crippen molar-refractivity contribution in [3.05, 3.63) is 64.7 Å². The Morgan fingerprint density at radius 2 is 1.86 bits per heavy atom. The molecule has 5 rings (SSSR count). The lowest BCUT2D eigenvalue weighted by Gasteiger charge is -2.16. The van der Waals surface area contributed by atoms with E-state index in [2.05, 4.69) is 15.1 Å². The lowest BCUT2D eigenvalue weighted by molar-refractivity contribution is 0.129. The van der Waals surface area contributed by atoms with Gasteiger partial charge >= 0.3 is 5.69 Å². The molecule has 11 heteroatoms. The van der Waals surface area contributed by atoms with Crippen LogP contribution in [0.1, 0.15) is 11.4 Å². The zero-order valence-electron chi connectivity index (χ0n) is 19.9. The predicted octanol–water partition coefficient (Wildman–Crippen LogP) is 3.16. The first-order valence-electron chi connectivity index (χ1n) is 11.3. The average molecular weight is 495 g/mol. The Kier molecular flexibility index (Phi) is 6.00. The van der Waals surface area contributed by atoms with Crippen LogP contribution < -0.4 is 10.4 Å². The summed E-state index contributed by atoms with van der Waals surface area (Å²) in [5.41, 5.74) is 4.66. The summed E-state index contributed by atoms with van der Waals surface area (Å²) in [6.45, 7) is -0.619. The molecule has 9 nitrogen and oxygen atoms in total. The third-order valence-corrected chi connectivity index (χ3v) is 6.16. The van der Waals surface area contributed by atoms with Gasteiger partial charge in [-0.2, -0.15) is 5.10 Å². The lowest BCUT2D eigenvalue weighted by atomic mass is 10.0. The van der Waals surface area contributed by atoms with Crippen LogP contribution in [0.2, 0.25) is 0 Å². The van der Waals surface area contributed by atoms with Gasteiger partial charge in [-0.1, -0.05) is 6.07 Å². The number of pyridine rings is 2. The molecule has 0 saturated carbocycles. The van der Waals surface area contributed by atoms with Crippen LogP contribution in [0, 0.1) is 6.92 Å². The maximum absolute atomic E-state index is 13.3. The van der Waals surface area contributed by atoms with Crippen molar-refractivity contribution in [2.75, 3.05) is 13.3 Å². The zero-order valence-corrected chi connectivity index (χ0v) is 19.9. The molecule has 4 aromatic heterocycles. The largest absolute Gasteiger partial charge is 0.483 e. The Balaban J connectivity index is 1.74. The van der Waals surface area contributed by atoms with Gasteiger partial charge in [-0.05, 0) is 30.7 Å². The molecule has 0 saturated heterocycles. The van der Waals surface area contributed by atoms with Crippen molar-refractivity contribution in [3.8, 4) is 22.6 Å². The number of hydrogen-bond donors (Lipinski definition) is 1. The number of ether oxygens (including phenoxy) is 1. The van der Waals surface area contributed by atoms with Gasteiger partial charge < -0.3 is 9.84 Å². The highest BCUT2D eigenvalue weighted by Crippen LogP contribution is 2.32. The third kappa shape index (κ3) is 3.81. The second kappa shape index (κ2) is 9.15. The van der Waals surface area contributed by atoms with Crippen LogP contribution in [0.3, 0.4) is 0 Å². The van der Waals surface area contributed by atoms with E-state index in [4.69, 9.17) is 4.74 Å². The third-order valence-electron chi connectivity index (χ3n) is 6.16. The number of aliphatic hydroxyl groups is 1. The summed E-state index contributed by atoms with van der Waals surface area (Å²) in [5, 5.41) is 14.7. The number of benzene rings is 1. The van der Waals surface area contributed by atoms with E-state index in [0.29, 0.717) is 33.5 Å². The molecule has 0 aliphatic heterocycles. The topological polar surface area (TPSA) is 100.0 Å². The molecule has 0 aliphatic carbocycles. The summed E-state index contributed by atoms with van der Waals surface area (Å²) in [6.07, 6.45) is 3.73. The first-order chi connectivity index (χ1) is 17.4. The van der Waals surface area contributed by atoms with Gasteiger partial charge in [0.05, 0.1) is 40.7 Å². The molecule has 0 unspecified atom stereocenters. The molecule has 5 aromatic rings. The van der Waals surface area contributed by atoms with Crippen LogP contribution in [0.15, 0.2) is 47.7 Å². The van der Waals surface area contributed by atoms with Crippen LogP contribution in [0.4, 0.5) is 8.78 Å². The number of nitrogens with zero attached hydrogens (tertiary/aromatic N) is 6. The Bertz CT molecular complexity index is 1650. The normalized spacial score (nSPS) is 11.8. The summed E-state index contributed by atoms with van der Waals surface area (Å²) in [7, 11) is 3.49. The Hall–Kier alpha value is -4.12. The Labute approximate surface area is 204 Å². The second-order valence-corrected chi connectivity index (χ2v) is 8.55. The average Bonchev–Trinajstić information content (AvgIpc) is 3.35. The number of aryl methyl sites for hydroxylation is 3. The van der Waals surface area contributed by atoms with Crippen LogP contribution in [0.5, 0.6) is 5.75 Å². The Morgan fingerprint density at radius 3 is 2.53 bits per heavy atom. The molecule has 0 amide bonds. The van der Waals surface area contributed by atoms with Crippen molar-refractivity contribution >= 4 is 21.9 Å². The van der Waals surface area contributed by atoms with E-state index in [-0.39, 0.29) is 17.1 Å². The number of fused-ring (bicyclic) bond motifs is 3. The highest BCUT2D eigenvalue weighted by molar-refractivity contribution is 6.04. The number of aromatic nitrogens is 6. The maximum Gasteiger partial charge on any atom is 0.333 e. The highest BCUT2D eigenvalue weighted by atomic mass is 19.1. The van der Waals surface area contributed by atoms with Crippen molar-refractivity contribution in [2.45, 2.75) is 19.6 Å². The molecule has 0 atom stereocenters. The van der Waals surface area contributed by atoms with Crippen molar-refractivity contribution in [3.63, 3.8) is 0 Å². The summed E-state index contributed by atoms with van der Waals surface area (Å²) < 4.78 is 36.4. The van der Waals surface area contributed by atoms with Gasteiger partial charge in [0.1, 0.15) is 24.8 Å². The summed E-state index contributed by atoms with van der Waals surface area (Å²) >= 11 is 0. The zero-order chi connectivity index (χ0) is 25.6. The number of aliphatic hydroxyl groups excluding tert-OH is 1. The number of halogens is 2. The number of hydrogen-bond acceptors (Lipinski definition) is 6. The second-order valence-electron chi connectivity index (χ2n) is 8.55. The minimum atomic E-state index is -1.28. The molecular formula is C25H24F2N6O3. The smallest absolute Gasteiger partial charge is 0.333 e. The molecule has 1 aromatic carbocycles.